The van der Waals surface area contributed by atoms with E-state index in [2.05, 4.69) is 55.4 Å². The van der Waals surface area contributed by atoms with Gasteiger partial charge in [-0.1, -0.05) is 38.1 Å². The van der Waals surface area contributed by atoms with Crippen molar-refractivity contribution in [1.82, 2.24) is 10.2 Å². The maximum absolute atomic E-state index is 3.44. The van der Waals surface area contributed by atoms with E-state index in [1.165, 1.54) is 50.0 Å². The Balaban J connectivity index is 1.79. The zero-order chi connectivity index (χ0) is 14.4. The molecule has 2 rings (SSSR count). The van der Waals surface area contributed by atoms with Crippen LogP contribution in [-0.4, -0.2) is 31.6 Å². The maximum Gasteiger partial charge on any atom is 0.0230 e. The van der Waals surface area contributed by atoms with Gasteiger partial charge in [-0.05, 0) is 62.4 Å². The predicted molar refractivity (Wildman–Crippen MR) is 86.9 cm³/mol. The molecule has 1 aromatic carbocycles. The molecule has 0 aliphatic carbocycles. The monoisotopic (exact) mass is 274 g/mol. The molecule has 1 aliphatic rings. The molecule has 0 amide bonds. The van der Waals surface area contributed by atoms with Crippen molar-refractivity contribution >= 4 is 0 Å². The molecule has 20 heavy (non-hydrogen) atoms. The molecule has 0 aromatic heterocycles. The first kappa shape index (κ1) is 15.5. The summed E-state index contributed by atoms with van der Waals surface area (Å²) in [7, 11) is 2.25. The van der Waals surface area contributed by atoms with Crippen LogP contribution < -0.4 is 5.32 Å². The van der Waals surface area contributed by atoms with Gasteiger partial charge in [-0.15, -0.1) is 0 Å². The van der Waals surface area contributed by atoms with Crippen molar-refractivity contribution in [2.45, 2.75) is 39.7 Å². The second-order valence-electron chi connectivity index (χ2n) is 6.80. The van der Waals surface area contributed by atoms with Crippen molar-refractivity contribution in [2.75, 3.05) is 26.7 Å². The fourth-order valence-corrected chi connectivity index (χ4v) is 3.13. The third-order valence-electron chi connectivity index (χ3n) is 4.15. The van der Waals surface area contributed by atoms with Gasteiger partial charge in [0.25, 0.3) is 0 Å². The van der Waals surface area contributed by atoms with Crippen LogP contribution in [0.5, 0.6) is 0 Å². The standard InChI is InChI=1S/C18H30N2/c1-15(2)12-16-4-6-17(7-5-16)13-20(3)14-18-8-10-19-11-9-18/h4-7,15,18-19H,8-14H2,1-3H3. The van der Waals surface area contributed by atoms with Gasteiger partial charge in [-0.2, -0.15) is 0 Å². The second-order valence-corrected chi connectivity index (χ2v) is 6.80. The lowest BCUT2D eigenvalue weighted by atomic mass is 9.97. The molecule has 0 spiro atoms. The molecule has 1 aliphatic heterocycles. The minimum Gasteiger partial charge on any atom is -0.317 e. The quantitative estimate of drug-likeness (QED) is 0.856. The zero-order valence-electron chi connectivity index (χ0n) is 13.4. The van der Waals surface area contributed by atoms with Gasteiger partial charge in [0.05, 0.1) is 0 Å². The Kier molecular flexibility index (Phi) is 6.06. The Morgan fingerprint density at radius 2 is 1.70 bits per heavy atom. The van der Waals surface area contributed by atoms with Crippen LogP contribution in [0.4, 0.5) is 0 Å². The van der Waals surface area contributed by atoms with Crippen LogP contribution >= 0.6 is 0 Å². The molecule has 112 valence electrons. The highest BCUT2D eigenvalue weighted by Crippen LogP contribution is 2.15. The van der Waals surface area contributed by atoms with E-state index in [1.807, 2.05) is 0 Å². The van der Waals surface area contributed by atoms with Gasteiger partial charge in [0.1, 0.15) is 0 Å². The first-order valence-corrected chi connectivity index (χ1v) is 8.10. The Hall–Kier alpha value is -0.860. The van der Waals surface area contributed by atoms with Crippen LogP contribution in [0.3, 0.4) is 0 Å². The smallest absolute Gasteiger partial charge is 0.0230 e. The second kappa shape index (κ2) is 7.80. The molecule has 2 nitrogen and oxygen atoms in total. The molecule has 0 saturated carbocycles. The number of hydrogen-bond acceptors (Lipinski definition) is 2. The Bertz CT molecular complexity index is 377. The highest BCUT2D eigenvalue weighted by molar-refractivity contribution is 5.22. The SMILES string of the molecule is CC(C)Cc1ccc(CN(C)CC2CCNCC2)cc1. The highest BCUT2D eigenvalue weighted by Gasteiger charge is 2.14. The van der Waals surface area contributed by atoms with E-state index >= 15 is 0 Å². The van der Waals surface area contributed by atoms with Crippen molar-refractivity contribution in [2.24, 2.45) is 11.8 Å². The Labute approximate surface area is 124 Å². The molecule has 0 bridgehead atoms. The van der Waals surface area contributed by atoms with E-state index < -0.39 is 0 Å². The average Bonchev–Trinajstić information content (AvgIpc) is 2.41. The first-order valence-electron chi connectivity index (χ1n) is 8.10. The van der Waals surface area contributed by atoms with Crippen LogP contribution in [0.25, 0.3) is 0 Å². The Morgan fingerprint density at radius 3 is 2.30 bits per heavy atom. The van der Waals surface area contributed by atoms with Gasteiger partial charge in [0.2, 0.25) is 0 Å². The molecule has 2 heteroatoms. The van der Waals surface area contributed by atoms with E-state index in [1.54, 1.807) is 0 Å². The van der Waals surface area contributed by atoms with E-state index in [9.17, 15) is 0 Å². The predicted octanol–water partition coefficient (Wildman–Crippen LogP) is 3.32. The molecule has 0 atom stereocenters. The number of benzene rings is 1. The summed E-state index contributed by atoms with van der Waals surface area (Å²) in [6.45, 7) is 9.26. The molecule has 0 radical (unpaired) electrons. The van der Waals surface area contributed by atoms with E-state index in [0.717, 1.165) is 18.4 Å². The summed E-state index contributed by atoms with van der Waals surface area (Å²) in [6, 6.07) is 9.20. The average molecular weight is 274 g/mol. The lowest BCUT2D eigenvalue weighted by Crippen LogP contribution is -2.34. The third kappa shape index (κ3) is 5.26. The van der Waals surface area contributed by atoms with Crippen LogP contribution in [0.1, 0.15) is 37.8 Å². The topological polar surface area (TPSA) is 15.3 Å². The van der Waals surface area contributed by atoms with Crippen LogP contribution in [0.15, 0.2) is 24.3 Å². The fourth-order valence-electron chi connectivity index (χ4n) is 3.13. The number of piperidine rings is 1. The van der Waals surface area contributed by atoms with Gasteiger partial charge in [-0.25, -0.2) is 0 Å². The fraction of sp³-hybridized carbons (Fsp3) is 0.667. The summed E-state index contributed by atoms with van der Waals surface area (Å²) in [5.41, 5.74) is 2.90. The summed E-state index contributed by atoms with van der Waals surface area (Å²) in [5, 5.41) is 3.44. The maximum atomic E-state index is 3.44. The molecule has 1 fully saturated rings. The van der Waals surface area contributed by atoms with E-state index in [-0.39, 0.29) is 0 Å². The number of hydrogen-bond donors (Lipinski definition) is 1. The van der Waals surface area contributed by atoms with Crippen LogP contribution in [0, 0.1) is 11.8 Å². The van der Waals surface area contributed by atoms with Gasteiger partial charge in [-0.3, -0.25) is 0 Å². The van der Waals surface area contributed by atoms with Crippen molar-refractivity contribution in [3.63, 3.8) is 0 Å². The van der Waals surface area contributed by atoms with Gasteiger partial charge in [0, 0.05) is 13.1 Å². The molecule has 0 unspecified atom stereocenters. The lowest BCUT2D eigenvalue weighted by molar-refractivity contribution is 0.234. The summed E-state index contributed by atoms with van der Waals surface area (Å²) in [5.74, 6) is 1.62. The minimum atomic E-state index is 0.739. The molecule has 1 aromatic rings. The summed E-state index contributed by atoms with van der Waals surface area (Å²) >= 11 is 0. The van der Waals surface area contributed by atoms with Crippen molar-refractivity contribution in [1.29, 1.82) is 0 Å². The number of nitrogens with one attached hydrogen (secondary N) is 1. The molecular weight excluding hydrogens is 244 g/mol. The lowest BCUT2D eigenvalue weighted by Gasteiger charge is -2.27. The normalized spacial score (nSPS) is 17.1. The number of nitrogens with zero attached hydrogens (tertiary/aromatic N) is 1. The van der Waals surface area contributed by atoms with Gasteiger partial charge >= 0.3 is 0 Å². The molecular formula is C18H30N2. The van der Waals surface area contributed by atoms with Crippen molar-refractivity contribution in [3.05, 3.63) is 35.4 Å². The largest absolute Gasteiger partial charge is 0.317 e. The first-order chi connectivity index (χ1) is 9.63. The summed E-state index contributed by atoms with van der Waals surface area (Å²) < 4.78 is 0. The molecule has 1 heterocycles. The molecule has 1 saturated heterocycles. The molecule has 1 N–H and O–H groups in total. The van der Waals surface area contributed by atoms with Crippen LogP contribution in [-0.2, 0) is 13.0 Å². The van der Waals surface area contributed by atoms with Crippen molar-refractivity contribution < 1.29 is 0 Å². The van der Waals surface area contributed by atoms with Gasteiger partial charge < -0.3 is 10.2 Å². The van der Waals surface area contributed by atoms with Gasteiger partial charge in [0.15, 0.2) is 0 Å². The summed E-state index contributed by atoms with van der Waals surface area (Å²) in [4.78, 5) is 2.48. The van der Waals surface area contributed by atoms with E-state index in [0.29, 0.717) is 0 Å². The van der Waals surface area contributed by atoms with Crippen molar-refractivity contribution in [3.8, 4) is 0 Å². The minimum absolute atomic E-state index is 0.739. The highest BCUT2D eigenvalue weighted by atomic mass is 15.1. The zero-order valence-corrected chi connectivity index (χ0v) is 13.4. The summed E-state index contributed by atoms with van der Waals surface area (Å²) in [6.07, 6.45) is 3.85. The Morgan fingerprint density at radius 1 is 1.10 bits per heavy atom. The van der Waals surface area contributed by atoms with E-state index in [4.69, 9.17) is 0 Å². The third-order valence-corrected chi connectivity index (χ3v) is 4.15. The number of rotatable bonds is 6. The van der Waals surface area contributed by atoms with Crippen LogP contribution in [0.2, 0.25) is 0 Å².